The summed E-state index contributed by atoms with van der Waals surface area (Å²) in [6.45, 7) is 3.73. The van der Waals surface area contributed by atoms with Crippen LogP contribution in [0.2, 0.25) is 0 Å². The summed E-state index contributed by atoms with van der Waals surface area (Å²) >= 11 is 0. The molecular formula is C11H12N2. The quantitative estimate of drug-likeness (QED) is 0.660. The molecule has 1 rings (SSSR count). The molecule has 0 saturated heterocycles. The summed E-state index contributed by atoms with van der Waals surface area (Å²) in [5.74, 6) is 0. The fourth-order valence-electron chi connectivity index (χ4n) is 1.01. The maximum absolute atomic E-state index is 8.63. The second-order valence-corrected chi connectivity index (χ2v) is 3.02. The minimum Gasteiger partial charge on any atom is -0.397 e. The molecule has 0 aromatic heterocycles. The van der Waals surface area contributed by atoms with Crippen LogP contribution in [0, 0.1) is 18.3 Å². The summed E-state index contributed by atoms with van der Waals surface area (Å²) in [5.41, 5.74) is 8.97. The van der Waals surface area contributed by atoms with Crippen LogP contribution in [0.3, 0.4) is 0 Å². The van der Waals surface area contributed by atoms with Crippen molar-refractivity contribution in [1.29, 1.82) is 5.26 Å². The lowest BCUT2D eigenvalue weighted by Gasteiger charge is -2.02. The molecule has 1 aromatic carbocycles. The first-order valence-corrected chi connectivity index (χ1v) is 4.08. The standard InChI is InChI=1S/C11H12N2/c1-8-3-5-10(6-4-8)11(13)9(2)7-12/h3-6H,13H2,1-2H3/b11-9-. The highest BCUT2D eigenvalue weighted by Gasteiger charge is 1.99. The molecule has 0 fully saturated rings. The lowest BCUT2D eigenvalue weighted by molar-refractivity contribution is 1.38. The molecule has 0 aliphatic carbocycles. The number of hydrogen-bond donors (Lipinski definition) is 1. The molecule has 0 amide bonds. The van der Waals surface area contributed by atoms with Crippen LogP contribution in [0.15, 0.2) is 29.8 Å². The Morgan fingerprint density at radius 1 is 1.31 bits per heavy atom. The third kappa shape index (κ3) is 2.09. The van der Waals surface area contributed by atoms with Gasteiger partial charge in [0.2, 0.25) is 0 Å². The van der Waals surface area contributed by atoms with Crippen molar-refractivity contribution in [3.63, 3.8) is 0 Å². The van der Waals surface area contributed by atoms with Gasteiger partial charge in [-0.2, -0.15) is 5.26 Å². The predicted molar refractivity (Wildman–Crippen MR) is 53.6 cm³/mol. The fraction of sp³-hybridized carbons (Fsp3) is 0.182. The van der Waals surface area contributed by atoms with Crippen LogP contribution >= 0.6 is 0 Å². The molecule has 66 valence electrons. The Balaban J connectivity index is 3.12. The van der Waals surface area contributed by atoms with Gasteiger partial charge in [0.25, 0.3) is 0 Å². The van der Waals surface area contributed by atoms with E-state index in [9.17, 15) is 0 Å². The number of benzene rings is 1. The molecule has 0 heterocycles. The smallest absolute Gasteiger partial charge is 0.0965 e. The lowest BCUT2D eigenvalue weighted by Crippen LogP contribution is -1.98. The van der Waals surface area contributed by atoms with Crippen molar-refractivity contribution in [2.75, 3.05) is 0 Å². The van der Waals surface area contributed by atoms with Gasteiger partial charge in [0, 0.05) is 5.57 Å². The normalized spacial score (nSPS) is 11.8. The summed E-state index contributed by atoms with van der Waals surface area (Å²) in [6, 6.07) is 9.83. The van der Waals surface area contributed by atoms with Gasteiger partial charge in [-0.3, -0.25) is 0 Å². The van der Waals surface area contributed by atoms with E-state index in [2.05, 4.69) is 0 Å². The monoisotopic (exact) mass is 172 g/mol. The molecule has 0 bridgehead atoms. The molecule has 2 nitrogen and oxygen atoms in total. The highest BCUT2D eigenvalue weighted by atomic mass is 14.6. The Morgan fingerprint density at radius 2 is 1.85 bits per heavy atom. The first kappa shape index (κ1) is 9.34. The minimum absolute atomic E-state index is 0.558. The maximum atomic E-state index is 8.63. The molecule has 0 aliphatic rings. The summed E-state index contributed by atoms with van der Waals surface area (Å²) in [5, 5.41) is 8.63. The second-order valence-electron chi connectivity index (χ2n) is 3.02. The molecule has 2 heteroatoms. The van der Waals surface area contributed by atoms with E-state index in [0.29, 0.717) is 11.3 Å². The third-order valence-electron chi connectivity index (χ3n) is 1.93. The van der Waals surface area contributed by atoms with Crippen LogP contribution in [-0.4, -0.2) is 0 Å². The Kier molecular flexibility index (Phi) is 2.71. The van der Waals surface area contributed by atoms with Gasteiger partial charge in [0.15, 0.2) is 0 Å². The van der Waals surface area contributed by atoms with E-state index >= 15 is 0 Å². The SMILES string of the molecule is C/C(C#N)=C(/N)c1ccc(C)cc1. The highest BCUT2D eigenvalue weighted by molar-refractivity contribution is 5.68. The van der Waals surface area contributed by atoms with Gasteiger partial charge in [0.1, 0.15) is 0 Å². The van der Waals surface area contributed by atoms with Crippen LogP contribution in [0.5, 0.6) is 0 Å². The molecule has 1 aromatic rings. The van der Waals surface area contributed by atoms with Gasteiger partial charge in [-0.1, -0.05) is 29.8 Å². The van der Waals surface area contributed by atoms with Crippen LogP contribution in [0.25, 0.3) is 5.70 Å². The molecule has 2 N–H and O–H groups in total. The number of nitrogens with two attached hydrogens (primary N) is 1. The van der Waals surface area contributed by atoms with E-state index < -0.39 is 0 Å². The zero-order valence-electron chi connectivity index (χ0n) is 7.83. The average molecular weight is 172 g/mol. The highest BCUT2D eigenvalue weighted by Crippen LogP contribution is 2.13. The van der Waals surface area contributed by atoms with Crippen molar-refractivity contribution in [2.45, 2.75) is 13.8 Å². The van der Waals surface area contributed by atoms with Crippen molar-refractivity contribution >= 4 is 5.70 Å². The van der Waals surface area contributed by atoms with E-state index in [1.807, 2.05) is 37.3 Å². The van der Waals surface area contributed by atoms with Crippen molar-refractivity contribution in [3.8, 4) is 6.07 Å². The molecule has 0 radical (unpaired) electrons. The van der Waals surface area contributed by atoms with E-state index in [0.717, 1.165) is 5.56 Å². The van der Waals surface area contributed by atoms with Crippen LogP contribution in [0.4, 0.5) is 0 Å². The molecule has 13 heavy (non-hydrogen) atoms. The number of rotatable bonds is 1. The van der Waals surface area contributed by atoms with Crippen molar-refractivity contribution in [3.05, 3.63) is 41.0 Å². The average Bonchev–Trinajstić information content (AvgIpc) is 2.17. The zero-order valence-corrected chi connectivity index (χ0v) is 7.83. The summed E-state index contributed by atoms with van der Waals surface area (Å²) in [4.78, 5) is 0. The summed E-state index contributed by atoms with van der Waals surface area (Å²) in [6.07, 6.45) is 0. The summed E-state index contributed by atoms with van der Waals surface area (Å²) < 4.78 is 0. The van der Waals surface area contributed by atoms with Crippen LogP contribution in [0.1, 0.15) is 18.1 Å². The topological polar surface area (TPSA) is 49.8 Å². The number of nitrogens with zero attached hydrogens (tertiary/aromatic N) is 1. The second kappa shape index (κ2) is 3.77. The number of allylic oxidation sites excluding steroid dienone is 1. The number of nitriles is 1. The van der Waals surface area contributed by atoms with Crippen LogP contribution in [-0.2, 0) is 0 Å². The Morgan fingerprint density at radius 3 is 2.31 bits per heavy atom. The zero-order chi connectivity index (χ0) is 9.84. The van der Waals surface area contributed by atoms with Crippen LogP contribution < -0.4 is 5.73 Å². The van der Waals surface area contributed by atoms with Gasteiger partial charge in [-0.15, -0.1) is 0 Å². The molecule has 0 atom stereocenters. The Hall–Kier alpha value is -1.75. The Labute approximate surface area is 78.3 Å². The Bertz CT molecular complexity index is 366. The molecular weight excluding hydrogens is 160 g/mol. The number of aryl methyl sites for hydroxylation is 1. The van der Waals surface area contributed by atoms with Gasteiger partial charge in [-0.25, -0.2) is 0 Å². The van der Waals surface area contributed by atoms with E-state index in [-0.39, 0.29) is 0 Å². The van der Waals surface area contributed by atoms with E-state index in [4.69, 9.17) is 11.0 Å². The van der Waals surface area contributed by atoms with E-state index in [1.54, 1.807) is 6.92 Å². The van der Waals surface area contributed by atoms with E-state index in [1.165, 1.54) is 5.56 Å². The minimum atomic E-state index is 0.558. The summed E-state index contributed by atoms with van der Waals surface area (Å²) in [7, 11) is 0. The molecule has 0 spiro atoms. The fourth-order valence-corrected chi connectivity index (χ4v) is 1.01. The van der Waals surface area contributed by atoms with Crippen molar-refractivity contribution in [1.82, 2.24) is 0 Å². The van der Waals surface area contributed by atoms with Gasteiger partial charge >= 0.3 is 0 Å². The predicted octanol–water partition coefficient (Wildman–Crippen LogP) is 2.21. The van der Waals surface area contributed by atoms with Gasteiger partial charge < -0.3 is 5.73 Å². The van der Waals surface area contributed by atoms with Gasteiger partial charge in [-0.05, 0) is 19.4 Å². The molecule has 0 unspecified atom stereocenters. The third-order valence-corrected chi connectivity index (χ3v) is 1.93. The molecule has 0 aliphatic heterocycles. The first-order valence-electron chi connectivity index (χ1n) is 4.08. The van der Waals surface area contributed by atoms with Crippen molar-refractivity contribution in [2.24, 2.45) is 5.73 Å². The van der Waals surface area contributed by atoms with Crippen molar-refractivity contribution < 1.29 is 0 Å². The lowest BCUT2D eigenvalue weighted by atomic mass is 10.1. The number of hydrogen-bond acceptors (Lipinski definition) is 2. The largest absolute Gasteiger partial charge is 0.397 e. The maximum Gasteiger partial charge on any atom is 0.0965 e. The first-order chi connectivity index (χ1) is 6.15. The van der Waals surface area contributed by atoms with Gasteiger partial charge in [0.05, 0.1) is 11.8 Å². The molecule has 0 saturated carbocycles.